The maximum Gasteiger partial charge on any atom is 0.341 e. The number of fused-ring (bicyclic) bond motifs is 1. The molecule has 1 aromatic heterocycles. The number of esters is 2. The Labute approximate surface area is 150 Å². The molecule has 0 atom stereocenters. The van der Waals surface area contributed by atoms with Crippen LogP contribution in [0, 0.1) is 0 Å². The van der Waals surface area contributed by atoms with Crippen molar-refractivity contribution in [1.82, 2.24) is 0 Å². The van der Waals surface area contributed by atoms with E-state index in [9.17, 15) is 9.59 Å². The number of methoxy groups -OCH3 is 1. The van der Waals surface area contributed by atoms with Crippen LogP contribution in [0.3, 0.4) is 0 Å². The molecule has 0 fully saturated rings. The summed E-state index contributed by atoms with van der Waals surface area (Å²) in [6.45, 7) is 0. The molecule has 4 nitrogen and oxygen atoms in total. The summed E-state index contributed by atoms with van der Waals surface area (Å²) in [5.41, 5.74) is 0.257. The summed E-state index contributed by atoms with van der Waals surface area (Å²) in [5, 5.41) is 3.81. The zero-order valence-electron chi connectivity index (χ0n) is 13.9. The molecular formula is C20H18O4S. The number of carbonyl (C=O) groups excluding carboxylic acids is 2. The van der Waals surface area contributed by atoms with E-state index >= 15 is 0 Å². The van der Waals surface area contributed by atoms with Gasteiger partial charge in [0.15, 0.2) is 0 Å². The third-order valence-corrected chi connectivity index (χ3v) is 4.80. The molecule has 25 heavy (non-hydrogen) atoms. The van der Waals surface area contributed by atoms with Crippen LogP contribution in [0.5, 0.6) is 5.75 Å². The second kappa shape index (κ2) is 7.94. The number of aryl methyl sites for hydroxylation is 1. The Kier molecular flexibility index (Phi) is 5.46. The smallest absolute Gasteiger partial charge is 0.341 e. The van der Waals surface area contributed by atoms with Gasteiger partial charge in [-0.1, -0.05) is 30.3 Å². The Bertz CT molecular complexity index is 884. The molecule has 0 bridgehead atoms. The molecule has 128 valence electrons. The second-order valence-corrected chi connectivity index (χ2v) is 6.63. The highest BCUT2D eigenvalue weighted by Gasteiger charge is 2.17. The van der Waals surface area contributed by atoms with Gasteiger partial charge >= 0.3 is 11.9 Å². The zero-order chi connectivity index (χ0) is 17.6. The van der Waals surface area contributed by atoms with E-state index in [1.807, 2.05) is 35.7 Å². The molecule has 3 rings (SSSR count). The molecule has 0 radical (unpaired) electrons. The predicted molar refractivity (Wildman–Crippen MR) is 98.2 cm³/mol. The van der Waals surface area contributed by atoms with Gasteiger partial charge in [-0.3, -0.25) is 4.79 Å². The lowest BCUT2D eigenvalue weighted by atomic mass is 10.1. The molecule has 0 aliphatic rings. The van der Waals surface area contributed by atoms with Crippen molar-refractivity contribution >= 4 is 34.0 Å². The van der Waals surface area contributed by atoms with Gasteiger partial charge in [-0.15, -0.1) is 11.3 Å². The topological polar surface area (TPSA) is 52.6 Å². The number of hydrogen-bond acceptors (Lipinski definition) is 5. The fraction of sp³-hybridized carbons (Fsp3) is 0.200. The lowest BCUT2D eigenvalue weighted by molar-refractivity contribution is -0.134. The Hall–Kier alpha value is -2.66. The van der Waals surface area contributed by atoms with Gasteiger partial charge in [-0.2, -0.15) is 0 Å². The van der Waals surface area contributed by atoms with Crippen molar-refractivity contribution < 1.29 is 19.1 Å². The molecule has 0 saturated carbocycles. The summed E-state index contributed by atoms with van der Waals surface area (Å²) in [7, 11) is 1.31. The third kappa shape index (κ3) is 4.25. The molecule has 0 spiro atoms. The molecule has 0 aliphatic carbocycles. The minimum atomic E-state index is -0.521. The van der Waals surface area contributed by atoms with Gasteiger partial charge in [0.1, 0.15) is 11.3 Å². The molecule has 3 aromatic rings. The van der Waals surface area contributed by atoms with Crippen LogP contribution in [0.4, 0.5) is 0 Å². The van der Waals surface area contributed by atoms with E-state index in [2.05, 4.69) is 6.07 Å². The Morgan fingerprint density at radius 1 is 1.04 bits per heavy atom. The summed E-state index contributed by atoms with van der Waals surface area (Å²) < 4.78 is 10.3. The summed E-state index contributed by atoms with van der Waals surface area (Å²) in [5.74, 6) is -0.629. The maximum atomic E-state index is 12.2. The van der Waals surface area contributed by atoms with Crippen LogP contribution in [0.15, 0.2) is 53.9 Å². The first kappa shape index (κ1) is 17.2. The largest absolute Gasteiger partial charge is 0.465 e. The molecule has 0 aliphatic heterocycles. The minimum absolute atomic E-state index is 0.242. The van der Waals surface area contributed by atoms with E-state index in [-0.39, 0.29) is 17.3 Å². The molecule has 0 unspecified atom stereocenters. The van der Waals surface area contributed by atoms with Crippen molar-refractivity contribution in [2.24, 2.45) is 0 Å². The number of rotatable bonds is 6. The molecule has 0 saturated heterocycles. The second-order valence-electron chi connectivity index (χ2n) is 5.59. The van der Waals surface area contributed by atoms with Crippen molar-refractivity contribution in [2.45, 2.75) is 19.3 Å². The van der Waals surface area contributed by atoms with Crippen molar-refractivity contribution in [3.05, 3.63) is 64.4 Å². The average molecular weight is 354 g/mol. The van der Waals surface area contributed by atoms with Crippen LogP contribution in [0.1, 0.15) is 28.1 Å². The molecule has 2 aromatic carbocycles. The van der Waals surface area contributed by atoms with Crippen LogP contribution >= 0.6 is 11.3 Å². The maximum absolute atomic E-state index is 12.2. The Morgan fingerprint density at radius 3 is 2.48 bits per heavy atom. The van der Waals surface area contributed by atoms with E-state index in [4.69, 9.17) is 9.47 Å². The van der Waals surface area contributed by atoms with Gasteiger partial charge in [-0.05, 0) is 47.2 Å². The number of carbonyl (C=O) groups is 2. The van der Waals surface area contributed by atoms with Crippen molar-refractivity contribution in [2.75, 3.05) is 7.11 Å². The van der Waals surface area contributed by atoms with Crippen molar-refractivity contribution in [3.8, 4) is 5.75 Å². The van der Waals surface area contributed by atoms with Gasteiger partial charge in [0.2, 0.25) is 0 Å². The van der Waals surface area contributed by atoms with Gasteiger partial charge in [0.25, 0.3) is 0 Å². The van der Waals surface area contributed by atoms with Gasteiger partial charge in [0.05, 0.1) is 7.11 Å². The van der Waals surface area contributed by atoms with E-state index < -0.39 is 5.97 Å². The highest BCUT2D eigenvalue weighted by molar-refractivity contribution is 7.09. The number of hydrogen-bond donors (Lipinski definition) is 0. The van der Waals surface area contributed by atoms with Crippen molar-refractivity contribution in [1.29, 1.82) is 0 Å². The van der Waals surface area contributed by atoms with Crippen LogP contribution in [0.2, 0.25) is 0 Å². The first-order valence-corrected chi connectivity index (χ1v) is 8.89. The van der Waals surface area contributed by atoms with E-state index in [0.717, 1.165) is 17.2 Å². The number of thiophene rings is 1. The normalized spacial score (nSPS) is 10.6. The summed E-state index contributed by atoms with van der Waals surface area (Å²) in [6, 6.07) is 15.0. The molecular weight excluding hydrogens is 336 g/mol. The fourth-order valence-corrected chi connectivity index (χ4v) is 3.36. The first-order valence-electron chi connectivity index (χ1n) is 8.01. The lowest BCUT2D eigenvalue weighted by Gasteiger charge is -2.10. The van der Waals surface area contributed by atoms with Crippen LogP contribution in [-0.2, 0) is 16.0 Å². The molecule has 1 heterocycles. The molecule has 0 N–H and O–H groups in total. The molecule has 0 amide bonds. The van der Waals surface area contributed by atoms with Crippen LogP contribution in [0.25, 0.3) is 10.8 Å². The average Bonchev–Trinajstić information content (AvgIpc) is 3.14. The Balaban J connectivity index is 1.74. The fourth-order valence-electron chi connectivity index (χ4n) is 2.61. The number of ether oxygens (including phenoxy) is 2. The van der Waals surface area contributed by atoms with Gasteiger partial charge < -0.3 is 9.47 Å². The van der Waals surface area contributed by atoms with Crippen LogP contribution in [-0.4, -0.2) is 19.0 Å². The Morgan fingerprint density at radius 2 is 1.80 bits per heavy atom. The predicted octanol–water partition coefficient (Wildman–Crippen LogP) is 4.62. The SMILES string of the molecule is COC(=O)c1cc2ccccc2cc1OC(=O)CCCc1cccs1. The van der Waals surface area contributed by atoms with E-state index in [1.54, 1.807) is 23.5 Å². The molecule has 5 heteroatoms. The number of benzene rings is 2. The summed E-state index contributed by atoms with van der Waals surface area (Å²) >= 11 is 1.68. The third-order valence-electron chi connectivity index (χ3n) is 3.86. The van der Waals surface area contributed by atoms with Crippen molar-refractivity contribution in [3.63, 3.8) is 0 Å². The summed E-state index contributed by atoms with van der Waals surface area (Å²) in [6.07, 6.45) is 1.85. The van der Waals surface area contributed by atoms with E-state index in [1.165, 1.54) is 12.0 Å². The highest BCUT2D eigenvalue weighted by Crippen LogP contribution is 2.27. The van der Waals surface area contributed by atoms with Crippen LogP contribution < -0.4 is 4.74 Å². The standard InChI is InChI=1S/C20H18O4S/c1-23-20(22)17-12-14-6-2-3-7-15(14)13-18(17)24-19(21)10-4-8-16-9-5-11-25-16/h2-3,5-7,9,11-13H,4,8,10H2,1H3. The summed E-state index contributed by atoms with van der Waals surface area (Å²) in [4.78, 5) is 25.4. The van der Waals surface area contributed by atoms with E-state index in [0.29, 0.717) is 12.8 Å². The highest BCUT2D eigenvalue weighted by atomic mass is 32.1. The quantitative estimate of drug-likeness (QED) is 0.479. The van der Waals surface area contributed by atoms with Gasteiger partial charge in [0, 0.05) is 11.3 Å². The minimum Gasteiger partial charge on any atom is -0.465 e. The lowest BCUT2D eigenvalue weighted by Crippen LogP contribution is -2.12. The monoisotopic (exact) mass is 354 g/mol. The van der Waals surface area contributed by atoms with Gasteiger partial charge in [-0.25, -0.2) is 4.79 Å². The zero-order valence-corrected chi connectivity index (χ0v) is 14.7. The first-order chi connectivity index (χ1) is 12.2.